The Balaban J connectivity index is 2.90. The lowest BCUT2D eigenvalue weighted by Gasteiger charge is -2.19. The molecule has 0 saturated heterocycles. The standard InChI is InChI=1S/C12H12ClN3O5/c1-2-5-15(7-11(17)18)12(19)14-8-3-4-9(13)10(6-8)16(20)21/h2-4,6H,1,5,7H2,(H,14,19)(H,17,18). The lowest BCUT2D eigenvalue weighted by Crippen LogP contribution is -2.38. The third kappa shape index (κ3) is 4.77. The number of hydrogen-bond donors (Lipinski definition) is 2. The quantitative estimate of drug-likeness (QED) is 0.475. The number of nitrogens with zero attached hydrogens (tertiary/aromatic N) is 2. The minimum Gasteiger partial charge on any atom is -0.480 e. The Labute approximate surface area is 124 Å². The zero-order chi connectivity index (χ0) is 16.0. The molecule has 1 aromatic carbocycles. The number of halogens is 1. The highest BCUT2D eigenvalue weighted by molar-refractivity contribution is 6.32. The number of nitrogens with one attached hydrogen (secondary N) is 1. The van der Waals surface area contributed by atoms with E-state index in [1.807, 2.05) is 0 Å². The van der Waals surface area contributed by atoms with E-state index in [0.717, 1.165) is 11.0 Å². The van der Waals surface area contributed by atoms with Crippen molar-refractivity contribution in [3.05, 3.63) is 46.0 Å². The number of carbonyl (C=O) groups is 2. The molecule has 0 radical (unpaired) electrons. The molecule has 2 N–H and O–H groups in total. The second-order valence-electron chi connectivity index (χ2n) is 3.92. The van der Waals surface area contributed by atoms with E-state index in [1.54, 1.807) is 0 Å². The summed E-state index contributed by atoms with van der Waals surface area (Å²) in [4.78, 5) is 33.6. The molecule has 0 heterocycles. The maximum Gasteiger partial charge on any atom is 0.323 e. The normalized spacial score (nSPS) is 9.76. The first kappa shape index (κ1) is 16.4. The molecule has 0 aliphatic rings. The number of carbonyl (C=O) groups excluding carboxylic acids is 1. The number of rotatable bonds is 6. The fraction of sp³-hybridized carbons (Fsp3) is 0.167. The van der Waals surface area contributed by atoms with E-state index >= 15 is 0 Å². The van der Waals surface area contributed by atoms with Crippen LogP contribution in [0.4, 0.5) is 16.2 Å². The fourth-order valence-electron chi connectivity index (χ4n) is 1.47. The van der Waals surface area contributed by atoms with E-state index in [4.69, 9.17) is 16.7 Å². The molecule has 9 heteroatoms. The van der Waals surface area contributed by atoms with E-state index < -0.39 is 23.5 Å². The predicted molar refractivity (Wildman–Crippen MR) is 76.5 cm³/mol. The van der Waals surface area contributed by atoms with Crippen molar-refractivity contribution >= 4 is 35.0 Å². The van der Waals surface area contributed by atoms with Crippen molar-refractivity contribution in [3.8, 4) is 0 Å². The lowest BCUT2D eigenvalue weighted by molar-refractivity contribution is -0.384. The predicted octanol–water partition coefficient (Wildman–Crippen LogP) is 2.35. The van der Waals surface area contributed by atoms with Gasteiger partial charge in [-0.3, -0.25) is 14.9 Å². The first-order valence-electron chi connectivity index (χ1n) is 5.67. The van der Waals surface area contributed by atoms with Gasteiger partial charge in [0, 0.05) is 18.3 Å². The SMILES string of the molecule is C=CCN(CC(=O)O)C(=O)Nc1ccc(Cl)c([N+](=O)[O-])c1. The van der Waals surface area contributed by atoms with Crippen LogP contribution in [0.5, 0.6) is 0 Å². The minimum absolute atomic E-state index is 0.0216. The van der Waals surface area contributed by atoms with Gasteiger partial charge in [-0.1, -0.05) is 17.7 Å². The molecule has 0 saturated carbocycles. The van der Waals surface area contributed by atoms with E-state index in [9.17, 15) is 19.7 Å². The number of nitro groups is 1. The second-order valence-corrected chi connectivity index (χ2v) is 4.32. The number of carboxylic acids is 1. The average Bonchev–Trinajstić information content (AvgIpc) is 2.39. The van der Waals surface area contributed by atoms with Crippen LogP contribution in [-0.4, -0.2) is 40.0 Å². The van der Waals surface area contributed by atoms with Gasteiger partial charge in [-0.2, -0.15) is 0 Å². The molecule has 0 bridgehead atoms. The highest BCUT2D eigenvalue weighted by Gasteiger charge is 2.18. The largest absolute Gasteiger partial charge is 0.480 e. The maximum absolute atomic E-state index is 11.9. The van der Waals surface area contributed by atoms with Crippen LogP contribution < -0.4 is 5.32 Å². The van der Waals surface area contributed by atoms with E-state index in [0.29, 0.717) is 0 Å². The van der Waals surface area contributed by atoms with Crippen LogP contribution in [-0.2, 0) is 4.79 Å². The minimum atomic E-state index is -1.19. The fourth-order valence-corrected chi connectivity index (χ4v) is 1.66. The van der Waals surface area contributed by atoms with Crippen molar-refractivity contribution in [1.29, 1.82) is 0 Å². The summed E-state index contributed by atoms with van der Waals surface area (Å²) in [5, 5.41) is 21.8. The maximum atomic E-state index is 11.9. The van der Waals surface area contributed by atoms with Crippen molar-refractivity contribution in [2.75, 3.05) is 18.4 Å². The number of anilines is 1. The van der Waals surface area contributed by atoms with Crippen LogP contribution in [0.15, 0.2) is 30.9 Å². The van der Waals surface area contributed by atoms with Crippen molar-refractivity contribution in [2.45, 2.75) is 0 Å². The van der Waals surface area contributed by atoms with Crippen LogP contribution in [0, 0.1) is 10.1 Å². The van der Waals surface area contributed by atoms with Gasteiger partial charge in [0.25, 0.3) is 5.69 Å². The van der Waals surface area contributed by atoms with E-state index in [2.05, 4.69) is 11.9 Å². The molecule has 112 valence electrons. The van der Waals surface area contributed by atoms with Crippen LogP contribution >= 0.6 is 11.6 Å². The highest BCUT2D eigenvalue weighted by Crippen LogP contribution is 2.27. The van der Waals surface area contributed by atoms with Gasteiger partial charge in [-0.15, -0.1) is 6.58 Å². The monoisotopic (exact) mass is 313 g/mol. The van der Waals surface area contributed by atoms with Gasteiger partial charge >= 0.3 is 12.0 Å². The summed E-state index contributed by atoms with van der Waals surface area (Å²) in [7, 11) is 0. The molecule has 2 amide bonds. The summed E-state index contributed by atoms with van der Waals surface area (Å²) < 4.78 is 0. The van der Waals surface area contributed by atoms with Gasteiger partial charge in [0.05, 0.1) is 4.92 Å². The number of benzene rings is 1. The Bertz CT molecular complexity index is 590. The van der Waals surface area contributed by atoms with Crippen LogP contribution in [0.3, 0.4) is 0 Å². The molecule has 0 aliphatic heterocycles. The number of hydrogen-bond acceptors (Lipinski definition) is 4. The van der Waals surface area contributed by atoms with E-state index in [1.165, 1.54) is 18.2 Å². The lowest BCUT2D eigenvalue weighted by atomic mass is 10.3. The summed E-state index contributed by atoms with van der Waals surface area (Å²) >= 11 is 5.65. The van der Waals surface area contributed by atoms with Crippen LogP contribution in [0.25, 0.3) is 0 Å². The third-order valence-electron chi connectivity index (χ3n) is 2.36. The molecular formula is C12H12ClN3O5. The molecule has 21 heavy (non-hydrogen) atoms. The second kappa shape index (κ2) is 7.25. The molecule has 0 unspecified atom stereocenters. The summed E-state index contributed by atoms with van der Waals surface area (Å²) in [6, 6.07) is 3.02. The third-order valence-corrected chi connectivity index (χ3v) is 2.68. The molecule has 0 spiro atoms. The number of amides is 2. The van der Waals surface area contributed by atoms with Gasteiger partial charge in [0.2, 0.25) is 0 Å². The molecule has 1 aromatic rings. The molecule has 1 rings (SSSR count). The Morgan fingerprint density at radius 3 is 2.71 bits per heavy atom. The summed E-state index contributed by atoms with van der Waals surface area (Å²) in [5.74, 6) is -1.19. The Kier molecular flexibility index (Phi) is 5.67. The van der Waals surface area contributed by atoms with Crippen LogP contribution in [0.1, 0.15) is 0 Å². The van der Waals surface area contributed by atoms with Crippen molar-refractivity contribution in [1.82, 2.24) is 4.90 Å². The van der Waals surface area contributed by atoms with Gasteiger partial charge < -0.3 is 15.3 Å². The molecule has 0 atom stereocenters. The Morgan fingerprint density at radius 2 is 2.19 bits per heavy atom. The summed E-state index contributed by atoms with van der Waals surface area (Å²) in [6.45, 7) is 2.93. The number of aliphatic carboxylic acids is 1. The zero-order valence-corrected chi connectivity index (χ0v) is 11.5. The number of nitro benzene ring substituents is 1. The van der Waals surface area contributed by atoms with Crippen molar-refractivity contribution in [3.63, 3.8) is 0 Å². The summed E-state index contributed by atoms with van der Waals surface area (Å²) in [6.07, 6.45) is 1.37. The average molecular weight is 314 g/mol. The summed E-state index contributed by atoms with van der Waals surface area (Å²) in [5.41, 5.74) is -0.224. The Hall–Kier alpha value is -2.61. The van der Waals surface area contributed by atoms with Crippen molar-refractivity contribution < 1.29 is 19.6 Å². The first-order chi connectivity index (χ1) is 9.85. The van der Waals surface area contributed by atoms with Gasteiger partial charge in [0.15, 0.2) is 0 Å². The first-order valence-corrected chi connectivity index (χ1v) is 6.05. The smallest absolute Gasteiger partial charge is 0.323 e. The Morgan fingerprint density at radius 1 is 1.52 bits per heavy atom. The molecule has 0 fully saturated rings. The number of carboxylic acid groups (broad SMARTS) is 1. The molecular weight excluding hydrogens is 302 g/mol. The van der Waals surface area contributed by atoms with Gasteiger partial charge in [0.1, 0.15) is 11.6 Å². The molecule has 0 aromatic heterocycles. The molecule has 0 aliphatic carbocycles. The van der Waals surface area contributed by atoms with Crippen molar-refractivity contribution in [2.24, 2.45) is 0 Å². The van der Waals surface area contributed by atoms with Crippen LogP contribution in [0.2, 0.25) is 5.02 Å². The topological polar surface area (TPSA) is 113 Å². The number of urea groups is 1. The zero-order valence-electron chi connectivity index (χ0n) is 10.8. The molecule has 8 nitrogen and oxygen atoms in total. The van der Waals surface area contributed by atoms with Gasteiger partial charge in [-0.25, -0.2) is 4.79 Å². The van der Waals surface area contributed by atoms with E-state index in [-0.39, 0.29) is 22.9 Å². The van der Waals surface area contributed by atoms with Gasteiger partial charge in [-0.05, 0) is 12.1 Å². The highest BCUT2D eigenvalue weighted by atomic mass is 35.5.